The highest BCUT2D eigenvalue weighted by molar-refractivity contribution is 7.90. The smallest absolute Gasteiger partial charge is 0.336 e. The summed E-state index contributed by atoms with van der Waals surface area (Å²) in [5.74, 6) is -1.25. The standard InChI is InChI=1S/C9H8Cl2O4S/c1-4-5(9(12)13)3-6(16(2,14)15)8(11)7(4)10/h3H,1-2H3,(H,12,13). The van der Waals surface area contributed by atoms with Crippen molar-refractivity contribution < 1.29 is 18.3 Å². The van der Waals surface area contributed by atoms with E-state index in [0.29, 0.717) is 0 Å². The number of hydrogen-bond acceptors (Lipinski definition) is 3. The molecular weight excluding hydrogens is 275 g/mol. The van der Waals surface area contributed by atoms with Gasteiger partial charge in [-0.15, -0.1) is 0 Å². The Labute approximate surface area is 103 Å². The van der Waals surface area contributed by atoms with E-state index in [9.17, 15) is 13.2 Å². The maximum Gasteiger partial charge on any atom is 0.336 e. The van der Waals surface area contributed by atoms with Crippen molar-refractivity contribution in [1.29, 1.82) is 0 Å². The Hall–Kier alpha value is -0.780. The van der Waals surface area contributed by atoms with Gasteiger partial charge in [-0.05, 0) is 18.6 Å². The zero-order valence-electron chi connectivity index (χ0n) is 8.41. The fourth-order valence-electron chi connectivity index (χ4n) is 1.19. The minimum absolute atomic E-state index is 0.0537. The lowest BCUT2D eigenvalue weighted by Crippen LogP contribution is -2.06. The molecule has 0 radical (unpaired) electrons. The molecular formula is C9H8Cl2O4S. The average Bonchev–Trinajstić information content (AvgIpc) is 2.11. The van der Waals surface area contributed by atoms with Gasteiger partial charge >= 0.3 is 5.97 Å². The first-order valence-electron chi connectivity index (χ1n) is 4.08. The zero-order chi connectivity index (χ0) is 12.7. The summed E-state index contributed by atoms with van der Waals surface area (Å²) in [5.41, 5.74) is 0.0707. The van der Waals surface area contributed by atoms with Crippen molar-refractivity contribution in [2.45, 2.75) is 11.8 Å². The molecule has 0 unspecified atom stereocenters. The lowest BCUT2D eigenvalue weighted by Gasteiger charge is -2.09. The summed E-state index contributed by atoms with van der Waals surface area (Å²) in [4.78, 5) is 10.6. The zero-order valence-corrected chi connectivity index (χ0v) is 10.7. The van der Waals surface area contributed by atoms with E-state index < -0.39 is 15.8 Å². The number of hydrogen-bond donors (Lipinski definition) is 1. The topological polar surface area (TPSA) is 71.4 Å². The first-order chi connectivity index (χ1) is 7.16. The molecule has 1 aromatic carbocycles. The van der Waals surface area contributed by atoms with Gasteiger partial charge in [0.1, 0.15) is 0 Å². The SMILES string of the molecule is Cc1c(C(=O)O)cc(S(C)(=O)=O)c(Cl)c1Cl. The number of sulfone groups is 1. The Morgan fingerprint density at radius 1 is 1.31 bits per heavy atom. The molecule has 0 aliphatic rings. The normalized spacial score (nSPS) is 11.5. The minimum Gasteiger partial charge on any atom is -0.478 e. The molecule has 0 aromatic heterocycles. The Morgan fingerprint density at radius 3 is 2.19 bits per heavy atom. The Kier molecular flexibility index (Phi) is 3.52. The van der Waals surface area contributed by atoms with Gasteiger partial charge in [0.15, 0.2) is 9.84 Å². The van der Waals surface area contributed by atoms with Gasteiger partial charge in [0.2, 0.25) is 0 Å². The van der Waals surface area contributed by atoms with Crippen LogP contribution in [0.1, 0.15) is 15.9 Å². The van der Waals surface area contributed by atoms with Gasteiger partial charge in [0, 0.05) is 6.26 Å². The number of carbonyl (C=O) groups is 1. The number of benzene rings is 1. The fourth-order valence-corrected chi connectivity index (χ4v) is 2.82. The molecule has 0 heterocycles. The van der Waals surface area contributed by atoms with Crippen molar-refractivity contribution in [3.05, 3.63) is 27.2 Å². The molecule has 0 saturated carbocycles. The molecule has 1 rings (SSSR count). The molecule has 4 nitrogen and oxygen atoms in total. The fraction of sp³-hybridized carbons (Fsp3) is 0.222. The van der Waals surface area contributed by atoms with Gasteiger partial charge in [-0.1, -0.05) is 23.2 Å². The summed E-state index contributed by atoms with van der Waals surface area (Å²) in [6, 6.07) is 1.02. The van der Waals surface area contributed by atoms with Crippen molar-refractivity contribution >= 4 is 39.0 Å². The van der Waals surface area contributed by atoms with E-state index in [1.807, 2.05) is 0 Å². The van der Waals surface area contributed by atoms with Gasteiger partial charge in [-0.2, -0.15) is 0 Å². The second-order valence-electron chi connectivity index (χ2n) is 3.25. The van der Waals surface area contributed by atoms with E-state index in [1.165, 1.54) is 6.92 Å². The van der Waals surface area contributed by atoms with Crippen LogP contribution >= 0.6 is 23.2 Å². The molecule has 0 atom stereocenters. The summed E-state index contributed by atoms with van der Waals surface area (Å²) in [6.07, 6.45) is 0.936. The maximum absolute atomic E-state index is 11.4. The van der Waals surface area contributed by atoms with Crippen molar-refractivity contribution in [3.8, 4) is 0 Å². The average molecular weight is 283 g/mol. The number of rotatable bonds is 2. The largest absolute Gasteiger partial charge is 0.478 e. The lowest BCUT2D eigenvalue weighted by molar-refractivity contribution is 0.0696. The van der Waals surface area contributed by atoms with Crippen LogP contribution in [0.4, 0.5) is 0 Å². The Balaban J connectivity index is 3.74. The van der Waals surface area contributed by atoms with E-state index >= 15 is 0 Å². The Bertz CT molecular complexity index is 563. The first kappa shape index (κ1) is 13.3. The van der Waals surface area contributed by atoms with Gasteiger partial charge in [-0.3, -0.25) is 0 Å². The predicted molar refractivity (Wildman–Crippen MR) is 61.3 cm³/mol. The third-order valence-electron chi connectivity index (χ3n) is 2.05. The Morgan fingerprint density at radius 2 is 1.81 bits per heavy atom. The van der Waals surface area contributed by atoms with Crippen LogP contribution < -0.4 is 0 Å². The monoisotopic (exact) mass is 282 g/mol. The van der Waals surface area contributed by atoms with E-state index in [4.69, 9.17) is 28.3 Å². The number of carboxylic acids is 1. The van der Waals surface area contributed by atoms with Crippen LogP contribution in [0.2, 0.25) is 10.0 Å². The van der Waals surface area contributed by atoms with Gasteiger partial charge < -0.3 is 5.11 Å². The van der Waals surface area contributed by atoms with Gasteiger partial charge in [-0.25, -0.2) is 13.2 Å². The van der Waals surface area contributed by atoms with E-state index in [-0.39, 0.29) is 26.1 Å². The van der Waals surface area contributed by atoms with E-state index in [1.54, 1.807) is 0 Å². The molecule has 16 heavy (non-hydrogen) atoms. The van der Waals surface area contributed by atoms with Crippen LogP contribution in [-0.2, 0) is 9.84 Å². The summed E-state index contributed by atoms with van der Waals surface area (Å²) in [7, 11) is -3.61. The molecule has 0 bridgehead atoms. The van der Waals surface area contributed by atoms with Crippen molar-refractivity contribution in [1.82, 2.24) is 0 Å². The molecule has 1 aromatic rings. The highest BCUT2D eigenvalue weighted by atomic mass is 35.5. The van der Waals surface area contributed by atoms with Gasteiger partial charge in [0.25, 0.3) is 0 Å². The van der Waals surface area contributed by atoms with E-state index in [0.717, 1.165) is 12.3 Å². The molecule has 0 aliphatic carbocycles. The predicted octanol–water partition coefficient (Wildman–Crippen LogP) is 2.40. The molecule has 0 fully saturated rings. The highest BCUT2D eigenvalue weighted by Gasteiger charge is 2.21. The van der Waals surface area contributed by atoms with Crippen LogP contribution in [0.25, 0.3) is 0 Å². The van der Waals surface area contributed by atoms with Crippen molar-refractivity contribution in [2.75, 3.05) is 6.26 Å². The van der Waals surface area contributed by atoms with Crippen LogP contribution in [0, 0.1) is 6.92 Å². The second kappa shape index (κ2) is 4.24. The maximum atomic E-state index is 11.4. The van der Waals surface area contributed by atoms with Crippen molar-refractivity contribution in [2.24, 2.45) is 0 Å². The number of aromatic carboxylic acids is 1. The highest BCUT2D eigenvalue weighted by Crippen LogP contribution is 2.34. The number of carboxylic acid groups (broad SMARTS) is 1. The number of halogens is 2. The minimum atomic E-state index is -3.61. The molecule has 0 saturated heterocycles. The first-order valence-corrected chi connectivity index (χ1v) is 6.73. The van der Waals surface area contributed by atoms with E-state index in [2.05, 4.69) is 0 Å². The van der Waals surface area contributed by atoms with Crippen molar-refractivity contribution in [3.63, 3.8) is 0 Å². The third-order valence-corrected chi connectivity index (χ3v) is 4.24. The molecule has 0 spiro atoms. The van der Waals surface area contributed by atoms with Crippen LogP contribution in [0.15, 0.2) is 11.0 Å². The summed E-state index contributed by atoms with van der Waals surface area (Å²) >= 11 is 11.5. The third kappa shape index (κ3) is 2.31. The molecule has 88 valence electrons. The lowest BCUT2D eigenvalue weighted by atomic mass is 10.1. The summed E-state index contributed by atoms with van der Waals surface area (Å²) in [5, 5.41) is 8.67. The quantitative estimate of drug-likeness (QED) is 0.904. The molecule has 7 heteroatoms. The van der Waals surface area contributed by atoms with Gasteiger partial charge in [0.05, 0.1) is 20.5 Å². The molecule has 0 aliphatic heterocycles. The van der Waals surface area contributed by atoms with Crippen LogP contribution in [0.3, 0.4) is 0 Å². The summed E-state index contributed by atoms with van der Waals surface area (Å²) < 4.78 is 22.7. The second-order valence-corrected chi connectivity index (χ2v) is 5.99. The molecule has 1 N–H and O–H groups in total. The van der Waals surface area contributed by atoms with Crippen LogP contribution in [0.5, 0.6) is 0 Å². The van der Waals surface area contributed by atoms with Crippen LogP contribution in [-0.4, -0.2) is 25.7 Å². The molecule has 0 amide bonds. The summed E-state index contributed by atoms with van der Waals surface area (Å²) in [6.45, 7) is 1.46.